The van der Waals surface area contributed by atoms with E-state index >= 15 is 0 Å². The molecule has 82 valence electrons. The van der Waals surface area contributed by atoms with Crippen molar-refractivity contribution in [3.05, 3.63) is 17.8 Å². The Balaban J connectivity index is 2.63. The second kappa shape index (κ2) is 5.60. The van der Waals surface area contributed by atoms with Crippen LogP contribution in [0.15, 0.2) is 12.3 Å². The number of hydrogen-bond acceptors (Lipinski definition) is 4. The number of rotatable bonds is 5. The van der Waals surface area contributed by atoms with Gasteiger partial charge in [0.1, 0.15) is 4.99 Å². The predicted octanol–water partition coefficient (Wildman–Crippen LogP) is 1.54. The van der Waals surface area contributed by atoms with Gasteiger partial charge in [-0.3, -0.25) is 0 Å². The highest BCUT2D eigenvalue weighted by atomic mass is 32.1. The van der Waals surface area contributed by atoms with Crippen LogP contribution in [0.5, 0.6) is 5.88 Å². The van der Waals surface area contributed by atoms with E-state index in [1.165, 1.54) is 0 Å². The van der Waals surface area contributed by atoms with Gasteiger partial charge in [0.25, 0.3) is 0 Å². The average Bonchev–Trinajstić information content (AvgIpc) is 2.17. The zero-order valence-electron chi connectivity index (χ0n) is 8.93. The molecule has 5 heteroatoms. The van der Waals surface area contributed by atoms with Crippen LogP contribution in [0.25, 0.3) is 0 Å². The van der Waals surface area contributed by atoms with E-state index in [0.717, 1.165) is 6.42 Å². The normalized spacial score (nSPS) is 10.3. The van der Waals surface area contributed by atoms with Crippen molar-refractivity contribution in [3.63, 3.8) is 0 Å². The molecule has 0 radical (unpaired) electrons. The number of nitrogens with zero attached hydrogens (tertiary/aromatic N) is 2. The Morgan fingerprint density at radius 2 is 2.33 bits per heavy atom. The summed E-state index contributed by atoms with van der Waals surface area (Å²) < 4.78 is 5.47. The van der Waals surface area contributed by atoms with Crippen LogP contribution in [-0.4, -0.2) is 21.8 Å². The summed E-state index contributed by atoms with van der Waals surface area (Å²) in [5, 5.41) is 7.59. The second-order valence-electron chi connectivity index (χ2n) is 3.65. The van der Waals surface area contributed by atoms with Crippen LogP contribution in [0, 0.1) is 5.92 Å². The standard InChI is InChI=1S/C10H15N3OS/c1-7(2)4-6-14-10-8(9(11)15)3-5-12-13-10/h3,5,7H,4,6H2,1-2H3,(H2,11,15). The van der Waals surface area contributed by atoms with Crippen LogP contribution in [0.2, 0.25) is 0 Å². The molecular weight excluding hydrogens is 210 g/mol. The molecule has 0 saturated heterocycles. The lowest BCUT2D eigenvalue weighted by Crippen LogP contribution is -2.14. The zero-order valence-corrected chi connectivity index (χ0v) is 9.75. The van der Waals surface area contributed by atoms with E-state index in [9.17, 15) is 0 Å². The summed E-state index contributed by atoms with van der Waals surface area (Å²) >= 11 is 4.88. The fraction of sp³-hybridized carbons (Fsp3) is 0.500. The van der Waals surface area contributed by atoms with Crippen molar-refractivity contribution in [3.8, 4) is 5.88 Å². The number of hydrogen-bond donors (Lipinski definition) is 1. The molecule has 0 amide bonds. The minimum absolute atomic E-state index is 0.282. The van der Waals surface area contributed by atoms with Gasteiger partial charge in [-0.05, 0) is 18.4 Å². The first kappa shape index (κ1) is 11.8. The summed E-state index contributed by atoms with van der Waals surface area (Å²) in [5.41, 5.74) is 6.17. The zero-order chi connectivity index (χ0) is 11.3. The predicted molar refractivity (Wildman–Crippen MR) is 62.9 cm³/mol. The Labute approximate surface area is 94.8 Å². The number of thiocarbonyl (C=S) groups is 1. The maximum Gasteiger partial charge on any atom is 0.243 e. The third-order valence-electron chi connectivity index (χ3n) is 1.89. The molecular formula is C10H15N3OS. The molecule has 1 aromatic heterocycles. The molecule has 0 aromatic carbocycles. The minimum atomic E-state index is 0.282. The monoisotopic (exact) mass is 225 g/mol. The Morgan fingerprint density at radius 3 is 2.93 bits per heavy atom. The van der Waals surface area contributed by atoms with Gasteiger partial charge in [0, 0.05) is 0 Å². The molecule has 0 atom stereocenters. The van der Waals surface area contributed by atoms with Gasteiger partial charge in [-0.1, -0.05) is 26.1 Å². The van der Waals surface area contributed by atoms with Crippen molar-refractivity contribution in [2.75, 3.05) is 6.61 Å². The van der Waals surface area contributed by atoms with Gasteiger partial charge in [0.15, 0.2) is 0 Å². The number of aromatic nitrogens is 2. The molecule has 2 N–H and O–H groups in total. The Morgan fingerprint density at radius 1 is 1.60 bits per heavy atom. The van der Waals surface area contributed by atoms with Crippen molar-refractivity contribution in [1.82, 2.24) is 10.2 Å². The number of ether oxygens (including phenoxy) is 1. The molecule has 0 saturated carbocycles. The maximum atomic E-state index is 5.53. The maximum absolute atomic E-state index is 5.53. The molecule has 1 aromatic rings. The van der Waals surface area contributed by atoms with Crippen LogP contribution in [-0.2, 0) is 0 Å². The second-order valence-corrected chi connectivity index (χ2v) is 4.09. The molecule has 0 bridgehead atoms. The molecule has 0 aliphatic heterocycles. The summed E-state index contributed by atoms with van der Waals surface area (Å²) in [6.07, 6.45) is 2.51. The molecule has 0 spiro atoms. The Hall–Kier alpha value is -1.23. The third-order valence-corrected chi connectivity index (χ3v) is 2.11. The van der Waals surface area contributed by atoms with Gasteiger partial charge in [-0.25, -0.2) is 0 Å². The van der Waals surface area contributed by atoms with E-state index in [4.69, 9.17) is 22.7 Å². The van der Waals surface area contributed by atoms with E-state index in [1.54, 1.807) is 12.3 Å². The van der Waals surface area contributed by atoms with Crippen molar-refractivity contribution in [2.45, 2.75) is 20.3 Å². The van der Waals surface area contributed by atoms with Crippen molar-refractivity contribution >= 4 is 17.2 Å². The average molecular weight is 225 g/mol. The lowest BCUT2D eigenvalue weighted by molar-refractivity contribution is 0.276. The van der Waals surface area contributed by atoms with Gasteiger partial charge in [0.2, 0.25) is 5.88 Å². The van der Waals surface area contributed by atoms with Gasteiger partial charge in [0.05, 0.1) is 18.4 Å². The van der Waals surface area contributed by atoms with Crippen molar-refractivity contribution < 1.29 is 4.74 Å². The quantitative estimate of drug-likeness (QED) is 0.770. The SMILES string of the molecule is CC(C)CCOc1nnccc1C(N)=S. The first-order valence-corrected chi connectivity index (χ1v) is 5.26. The highest BCUT2D eigenvalue weighted by Gasteiger charge is 2.07. The number of nitrogens with two attached hydrogens (primary N) is 1. The van der Waals surface area contributed by atoms with E-state index < -0.39 is 0 Å². The van der Waals surface area contributed by atoms with Crippen LogP contribution in [0.3, 0.4) is 0 Å². The molecule has 15 heavy (non-hydrogen) atoms. The Bertz CT molecular complexity index is 341. The molecule has 4 nitrogen and oxygen atoms in total. The van der Waals surface area contributed by atoms with Crippen molar-refractivity contribution in [2.24, 2.45) is 11.7 Å². The topological polar surface area (TPSA) is 61.0 Å². The van der Waals surface area contributed by atoms with Gasteiger partial charge >= 0.3 is 0 Å². The van der Waals surface area contributed by atoms with E-state index in [2.05, 4.69) is 24.0 Å². The summed E-state index contributed by atoms with van der Waals surface area (Å²) in [6, 6.07) is 1.71. The van der Waals surface area contributed by atoms with E-state index in [-0.39, 0.29) is 4.99 Å². The summed E-state index contributed by atoms with van der Waals surface area (Å²) in [4.78, 5) is 0.282. The largest absolute Gasteiger partial charge is 0.476 e. The van der Waals surface area contributed by atoms with Crippen LogP contribution < -0.4 is 10.5 Å². The van der Waals surface area contributed by atoms with Crippen molar-refractivity contribution in [1.29, 1.82) is 0 Å². The highest BCUT2D eigenvalue weighted by Crippen LogP contribution is 2.13. The summed E-state index contributed by atoms with van der Waals surface area (Å²) in [6.45, 7) is 4.87. The smallest absolute Gasteiger partial charge is 0.243 e. The molecule has 1 rings (SSSR count). The van der Waals surface area contributed by atoms with E-state index in [0.29, 0.717) is 24.0 Å². The first-order chi connectivity index (χ1) is 7.11. The molecule has 0 aliphatic rings. The fourth-order valence-electron chi connectivity index (χ4n) is 1.00. The molecule has 0 fully saturated rings. The molecule has 0 unspecified atom stereocenters. The fourth-order valence-corrected chi connectivity index (χ4v) is 1.16. The molecule has 1 heterocycles. The van der Waals surface area contributed by atoms with Gasteiger partial charge in [-0.2, -0.15) is 5.10 Å². The van der Waals surface area contributed by atoms with E-state index in [1.807, 2.05) is 0 Å². The highest BCUT2D eigenvalue weighted by molar-refractivity contribution is 7.80. The first-order valence-electron chi connectivity index (χ1n) is 4.85. The van der Waals surface area contributed by atoms with Crippen LogP contribution >= 0.6 is 12.2 Å². The Kier molecular flexibility index (Phi) is 4.42. The lowest BCUT2D eigenvalue weighted by Gasteiger charge is -2.09. The van der Waals surface area contributed by atoms with Gasteiger partial charge in [-0.15, -0.1) is 5.10 Å². The minimum Gasteiger partial charge on any atom is -0.476 e. The summed E-state index contributed by atoms with van der Waals surface area (Å²) in [5.74, 6) is 1.01. The lowest BCUT2D eigenvalue weighted by atomic mass is 10.1. The third kappa shape index (κ3) is 3.79. The van der Waals surface area contributed by atoms with Gasteiger partial charge < -0.3 is 10.5 Å². The summed E-state index contributed by atoms with van der Waals surface area (Å²) in [7, 11) is 0. The molecule has 0 aliphatic carbocycles. The van der Waals surface area contributed by atoms with Crippen LogP contribution in [0.4, 0.5) is 0 Å². The van der Waals surface area contributed by atoms with Crippen LogP contribution in [0.1, 0.15) is 25.8 Å².